The largest absolute Gasteiger partial charge is 0.439 e. The molecule has 0 saturated carbocycles. The van der Waals surface area contributed by atoms with Crippen molar-refractivity contribution in [2.75, 3.05) is 0 Å². The molecule has 4 heteroatoms. The van der Waals surface area contributed by atoms with Crippen LogP contribution in [0.25, 0.3) is 22.3 Å². The quantitative estimate of drug-likeness (QED) is 0.173. The van der Waals surface area contributed by atoms with E-state index in [9.17, 15) is 0 Å². The van der Waals surface area contributed by atoms with Gasteiger partial charge in [0, 0.05) is 27.0 Å². The predicted octanol–water partition coefficient (Wildman–Crippen LogP) is 10.2. The molecule has 2 nitrogen and oxygen atoms in total. The Morgan fingerprint density at radius 1 is 0.592 bits per heavy atom. The van der Waals surface area contributed by atoms with Gasteiger partial charge in [-0.25, -0.2) is 4.98 Å². The zero-order valence-corrected chi connectivity index (χ0v) is 31.1. The first-order valence-corrected chi connectivity index (χ1v) is 19.0. The summed E-state index contributed by atoms with van der Waals surface area (Å²) in [7, 11) is 0. The van der Waals surface area contributed by atoms with Gasteiger partial charge in [0.1, 0.15) is 5.75 Å². The number of rotatable bonds is 2. The second-order valence-electron chi connectivity index (χ2n) is 17.7. The predicted molar refractivity (Wildman–Crippen MR) is 207 cm³/mol. The first-order valence-electron chi connectivity index (χ1n) is 18.2. The Balaban J connectivity index is 1.21. The molecular formula is C45H46BNOS. The van der Waals surface area contributed by atoms with Crippen LogP contribution < -0.4 is 21.1 Å². The van der Waals surface area contributed by atoms with Gasteiger partial charge >= 0.3 is 0 Å². The molecular weight excluding hydrogens is 613 g/mol. The molecule has 1 aromatic heterocycles. The molecule has 0 unspecified atom stereocenters. The fraction of sp³-hybridized carbons (Fsp3) is 0.356. The summed E-state index contributed by atoms with van der Waals surface area (Å²) >= 11 is 1.88. The first-order chi connectivity index (χ1) is 23.3. The summed E-state index contributed by atoms with van der Waals surface area (Å²) < 4.78 is 6.86. The summed E-state index contributed by atoms with van der Waals surface area (Å²) in [6.07, 6.45) is 6.76. The third kappa shape index (κ3) is 4.65. The van der Waals surface area contributed by atoms with Crippen molar-refractivity contribution < 1.29 is 4.74 Å². The SMILES string of the molecule is CC1(C)CCC(C)(C)c2cc(-c3cccc4c3Oc3nccc5c3B4c3cccc(-c4ccc6c(c4)C(C)(C)CCC6(C)C)c3S5)ccc21. The number of ether oxygens (including phenoxy) is 1. The molecule has 3 heterocycles. The van der Waals surface area contributed by atoms with Crippen LogP contribution in [0.15, 0.2) is 94.9 Å². The summed E-state index contributed by atoms with van der Waals surface area (Å²) in [6.45, 7) is 19.3. The number of nitrogens with zero attached hydrogens (tertiary/aromatic N) is 1. The van der Waals surface area contributed by atoms with Gasteiger partial charge in [-0.1, -0.05) is 145 Å². The average molecular weight is 660 g/mol. The Hall–Kier alpha value is -3.76. The lowest BCUT2D eigenvalue weighted by atomic mass is 9.35. The molecule has 0 N–H and O–H groups in total. The van der Waals surface area contributed by atoms with E-state index in [0.29, 0.717) is 0 Å². The number of pyridine rings is 1. The normalized spacial score (nSPS) is 19.8. The maximum Gasteiger partial charge on any atom is 0.256 e. The molecule has 49 heavy (non-hydrogen) atoms. The van der Waals surface area contributed by atoms with Crippen molar-refractivity contribution in [2.24, 2.45) is 0 Å². The maximum absolute atomic E-state index is 6.86. The molecule has 5 aromatic rings. The van der Waals surface area contributed by atoms with Crippen LogP contribution in [0.3, 0.4) is 0 Å². The first kappa shape index (κ1) is 31.2. The van der Waals surface area contributed by atoms with Crippen molar-refractivity contribution in [3.8, 4) is 33.9 Å². The molecule has 0 spiro atoms. The molecule has 2 aliphatic carbocycles. The van der Waals surface area contributed by atoms with Gasteiger partial charge in [0.2, 0.25) is 5.88 Å². The maximum atomic E-state index is 6.86. The van der Waals surface area contributed by atoms with Gasteiger partial charge in [0.05, 0.1) is 0 Å². The molecule has 4 aromatic carbocycles. The lowest BCUT2D eigenvalue weighted by Crippen LogP contribution is -2.58. The van der Waals surface area contributed by atoms with Gasteiger partial charge in [0.15, 0.2) is 0 Å². The van der Waals surface area contributed by atoms with Crippen molar-refractivity contribution >= 4 is 34.9 Å². The van der Waals surface area contributed by atoms with Crippen LogP contribution in [0.5, 0.6) is 11.6 Å². The Kier molecular flexibility index (Phi) is 6.62. The lowest BCUT2D eigenvalue weighted by molar-refractivity contribution is 0.332. The van der Waals surface area contributed by atoms with E-state index in [4.69, 9.17) is 9.72 Å². The zero-order valence-electron chi connectivity index (χ0n) is 30.3. The molecule has 0 atom stereocenters. The zero-order chi connectivity index (χ0) is 34.1. The smallest absolute Gasteiger partial charge is 0.256 e. The van der Waals surface area contributed by atoms with Crippen molar-refractivity contribution in [3.05, 3.63) is 107 Å². The van der Waals surface area contributed by atoms with Gasteiger partial charge in [-0.3, -0.25) is 0 Å². The minimum Gasteiger partial charge on any atom is -0.439 e. The molecule has 0 saturated heterocycles. The van der Waals surface area contributed by atoms with Gasteiger partial charge in [-0.15, -0.1) is 0 Å². The highest BCUT2D eigenvalue weighted by molar-refractivity contribution is 8.00. The minimum absolute atomic E-state index is 0.0552. The molecule has 0 bridgehead atoms. The Morgan fingerprint density at radius 3 is 1.73 bits per heavy atom. The number of aromatic nitrogens is 1. The molecule has 0 radical (unpaired) electrons. The van der Waals surface area contributed by atoms with Crippen LogP contribution in [0.2, 0.25) is 0 Å². The monoisotopic (exact) mass is 659 g/mol. The fourth-order valence-electron chi connectivity index (χ4n) is 9.32. The summed E-state index contributed by atoms with van der Waals surface area (Å²) in [5.74, 6) is 1.68. The highest BCUT2D eigenvalue weighted by Gasteiger charge is 2.43. The van der Waals surface area contributed by atoms with Gasteiger partial charge < -0.3 is 4.74 Å². The minimum atomic E-state index is 0.0552. The van der Waals surface area contributed by atoms with Crippen molar-refractivity contribution in [1.82, 2.24) is 4.98 Å². The van der Waals surface area contributed by atoms with E-state index in [-0.39, 0.29) is 28.4 Å². The van der Waals surface area contributed by atoms with Crippen LogP contribution in [-0.4, -0.2) is 11.7 Å². The highest BCUT2D eigenvalue weighted by atomic mass is 32.2. The van der Waals surface area contributed by atoms with Crippen LogP contribution >= 0.6 is 11.8 Å². The molecule has 246 valence electrons. The molecule has 2 aliphatic heterocycles. The van der Waals surface area contributed by atoms with E-state index in [0.717, 1.165) is 17.2 Å². The van der Waals surface area contributed by atoms with Crippen molar-refractivity contribution in [1.29, 1.82) is 0 Å². The summed E-state index contributed by atoms with van der Waals surface area (Å²) in [6, 6.07) is 30.3. The van der Waals surface area contributed by atoms with E-state index in [1.165, 1.54) is 90.8 Å². The third-order valence-corrected chi connectivity index (χ3v) is 13.9. The lowest BCUT2D eigenvalue weighted by Gasteiger charge is -2.42. The van der Waals surface area contributed by atoms with Crippen molar-refractivity contribution in [2.45, 2.75) is 113 Å². The molecule has 4 aliphatic rings. The standard InChI is InChI=1S/C45H46BNOS/c1-42(2)20-22-44(5,6)33-25-27(15-17-31(33)42)29-11-9-13-35-39(29)48-41-38-37(19-24-47-41)49-40-30(12-10-14-36(40)46(35)38)28-16-18-32-34(26-28)45(7,8)23-21-43(32,3)4/h9-19,24-26H,20-23H2,1-8H3. The van der Waals surface area contributed by atoms with Crippen LogP contribution in [0, 0.1) is 0 Å². The van der Waals surface area contributed by atoms with E-state index in [1.807, 2.05) is 18.0 Å². The average Bonchev–Trinajstić information content (AvgIpc) is 3.08. The third-order valence-electron chi connectivity index (χ3n) is 12.7. The summed E-state index contributed by atoms with van der Waals surface area (Å²) in [4.78, 5) is 7.44. The Bertz CT molecular complexity index is 2060. The highest BCUT2D eigenvalue weighted by Crippen LogP contribution is 2.50. The number of benzene rings is 4. The topological polar surface area (TPSA) is 22.1 Å². The number of hydrogen-bond acceptors (Lipinski definition) is 3. The molecule has 0 amide bonds. The number of para-hydroxylation sites is 1. The van der Waals surface area contributed by atoms with Gasteiger partial charge in [0.25, 0.3) is 6.71 Å². The van der Waals surface area contributed by atoms with E-state index in [2.05, 4.69) is 134 Å². The second kappa shape index (κ2) is 10.4. The van der Waals surface area contributed by atoms with E-state index >= 15 is 0 Å². The molecule has 0 fully saturated rings. The van der Waals surface area contributed by atoms with Crippen LogP contribution in [-0.2, 0) is 21.7 Å². The van der Waals surface area contributed by atoms with E-state index in [1.54, 1.807) is 0 Å². The summed E-state index contributed by atoms with van der Waals surface area (Å²) in [5, 5.41) is 0. The fourth-order valence-corrected chi connectivity index (χ4v) is 10.6. The van der Waals surface area contributed by atoms with Gasteiger partial charge in [-0.05, 0) is 97.8 Å². The number of hydrogen-bond donors (Lipinski definition) is 0. The molecule has 9 rings (SSSR count). The van der Waals surface area contributed by atoms with E-state index < -0.39 is 0 Å². The Labute approximate surface area is 297 Å². The van der Waals surface area contributed by atoms with Crippen LogP contribution in [0.4, 0.5) is 0 Å². The number of fused-ring (bicyclic) bond motifs is 6. The summed E-state index contributed by atoms with van der Waals surface area (Å²) in [5.41, 5.74) is 15.4. The Morgan fingerprint density at radius 2 is 1.12 bits per heavy atom. The second-order valence-corrected chi connectivity index (χ2v) is 18.7. The van der Waals surface area contributed by atoms with Crippen LogP contribution in [0.1, 0.15) is 103 Å². The van der Waals surface area contributed by atoms with Crippen molar-refractivity contribution in [3.63, 3.8) is 0 Å². The van der Waals surface area contributed by atoms with Gasteiger partial charge in [-0.2, -0.15) is 0 Å².